The van der Waals surface area contributed by atoms with Crippen molar-refractivity contribution in [3.05, 3.63) is 21.6 Å². The van der Waals surface area contributed by atoms with Crippen molar-refractivity contribution in [3.63, 3.8) is 0 Å². The van der Waals surface area contributed by atoms with Crippen LogP contribution in [0.3, 0.4) is 0 Å². The van der Waals surface area contributed by atoms with Crippen LogP contribution in [0.2, 0.25) is 5.02 Å². The van der Waals surface area contributed by atoms with Crippen LogP contribution in [0, 0.1) is 0 Å². The van der Waals surface area contributed by atoms with Crippen molar-refractivity contribution >= 4 is 43.2 Å². The van der Waals surface area contributed by atoms with Crippen LogP contribution in [0.5, 0.6) is 0 Å². The molecule has 0 unspecified atom stereocenters. The van der Waals surface area contributed by atoms with E-state index in [4.69, 9.17) is 22.1 Å². The molecular weight excluding hydrogens is 380 g/mol. The van der Waals surface area contributed by atoms with Gasteiger partial charge in [0.15, 0.2) is 0 Å². The Balaban J connectivity index is 1.95. The predicted octanol–water partition coefficient (Wildman–Crippen LogP) is 2.92. The molecule has 8 heteroatoms. The van der Waals surface area contributed by atoms with E-state index in [1.165, 1.54) is 25.0 Å². The van der Waals surface area contributed by atoms with Crippen molar-refractivity contribution < 1.29 is 13.2 Å². The maximum Gasteiger partial charge on any atom is 0.241 e. The second kappa shape index (κ2) is 7.28. The van der Waals surface area contributed by atoms with Gasteiger partial charge in [0.25, 0.3) is 0 Å². The molecule has 0 spiro atoms. The fourth-order valence-corrected chi connectivity index (χ4v) is 4.62. The van der Waals surface area contributed by atoms with Gasteiger partial charge < -0.3 is 10.5 Å². The fourth-order valence-electron chi connectivity index (χ4n) is 2.31. The molecule has 1 aromatic rings. The van der Waals surface area contributed by atoms with Crippen LogP contribution >= 0.6 is 27.5 Å². The largest absolute Gasteiger partial charge is 0.398 e. The molecule has 5 nitrogen and oxygen atoms in total. The normalized spacial score (nSPS) is 16.5. The van der Waals surface area contributed by atoms with Crippen molar-refractivity contribution in [3.8, 4) is 0 Å². The molecule has 0 heterocycles. The molecule has 1 fully saturated rings. The summed E-state index contributed by atoms with van der Waals surface area (Å²) in [6.07, 6.45) is 4.76. The minimum absolute atomic E-state index is 0.0355. The van der Waals surface area contributed by atoms with Crippen molar-refractivity contribution in [2.75, 3.05) is 18.9 Å². The van der Waals surface area contributed by atoms with Gasteiger partial charge in [-0.2, -0.15) is 0 Å². The Morgan fingerprint density at radius 3 is 2.71 bits per heavy atom. The summed E-state index contributed by atoms with van der Waals surface area (Å²) >= 11 is 9.04. The second-order valence-electron chi connectivity index (χ2n) is 4.98. The van der Waals surface area contributed by atoms with E-state index < -0.39 is 10.0 Å². The van der Waals surface area contributed by atoms with E-state index in [9.17, 15) is 8.42 Å². The van der Waals surface area contributed by atoms with E-state index >= 15 is 0 Å². The van der Waals surface area contributed by atoms with Gasteiger partial charge in [0.05, 0.1) is 22.1 Å². The summed E-state index contributed by atoms with van der Waals surface area (Å²) in [6, 6.07) is 2.86. The Bertz CT molecular complexity index is 604. The topological polar surface area (TPSA) is 81.4 Å². The van der Waals surface area contributed by atoms with Gasteiger partial charge in [-0.15, -0.1) is 0 Å². The summed E-state index contributed by atoms with van der Waals surface area (Å²) in [5.74, 6) is 0. The number of nitrogens with one attached hydrogen (secondary N) is 1. The Morgan fingerprint density at radius 1 is 1.38 bits per heavy atom. The number of halogens is 2. The predicted molar refractivity (Wildman–Crippen MR) is 87.0 cm³/mol. The summed E-state index contributed by atoms with van der Waals surface area (Å²) in [7, 11) is -3.67. The lowest BCUT2D eigenvalue weighted by Gasteiger charge is -2.13. The van der Waals surface area contributed by atoms with Crippen molar-refractivity contribution in [1.29, 1.82) is 0 Å². The summed E-state index contributed by atoms with van der Waals surface area (Å²) < 4.78 is 32.9. The van der Waals surface area contributed by atoms with Gasteiger partial charge in [0, 0.05) is 17.3 Å². The van der Waals surface area contributed by atoms with E-state index in [2.05, 4.69) is 20.7 Å². The molecule has 0 amide bonds. The number of hydrogen-bond donors (Lipinski definition) is 2. The molecule has 1 saturated carbocycles. The minimum Gasteiger partial charge on any atom is -0.398 e. The number of rotatable bonds is 6. The molecule has 21 heavy (non-hydrogen) atoms. The molecule has 1 aromatic carbocycles. The van der Waals surface area contributed by atoms with E-state index in [0.717, 1.165) is 12.8 Å². The molecule has 2 rings (SSSR count). The maximum absolute atomic E-state index is 12.2. The Hall–Kier alpha value is -0.340. The van der Waals surface area contributed by atoms with Crippen LogP contribution in [0.4, 0.5) is 5.69 Å². The third-order valence-electron chi connectivity index (χ3n) is 3.37. The first-order chi connectivity index (χ1) is 9.90. The summed E-state index contributed by atoms with van der Waals surface area (Å²) in [6.45, 7) is 0.579. The van der Waals surface area contributed by atoms with Gasteiger partial charge in [-0.25, -0.2) is 13.1 Å². The SMILES string of the molecule is Nc1cc(Cl)cc(S(=O)(=O)NCCOC2CCCC2)c1Br. The molecule has 0 aromatic heterocycles. The summed E-state index contributed by atoms with van der Waals surface area (Å²) in [5, 5.41) is 0.276. The Labute approximate surface area is 138 Å². The number of anilines is 1. The number of hydrogen-bond acceptors (Lipinski definition) is 4. The van der Waals surface area contributed by atoms with Gasteiger partial charge >= 0.3 is 0 Å². The van der Waals surface area contributed by atoms with Gasteiger partial charge in [-0.05, 0) is 40.9 Å². The number of nitrogens with two attached hydrogens (primary N) is 1. The third-order valence-corrected chi connectivity index (χ3v) is 6.22. The van der Waals surface area contributed by atoms with E-state index in [-0.39, 0.29) is 28.3 Å². The zero-order valence-electron chi connectivity index (χ0n) is 11.4. The molecule has 3 N–H and O–H groups in total. The first kappa shape index (κ1) is 17.0. The zero-order chi connectivity index (χ0) is 15.5. The lowest BCUT2D eigenvalue weighted by molar-refractivity contribution is 0.0626. The maximum atomic E-state index is 12.2. The molecule has 1 aliphatic carbocycles. The number of nitrogen functional groups attached to an aromatic ring is 1. The van der Waals surface area contributed by atoms with Crippen LogP contribution in [0.25, 0.3) is 0 Å². The zero-order valence-corrected chi connectivity index (χ0v) is 14.6. The van der Waals surface area contributed by atoms with Crippen LogP contribution in [-0.2, 0) is 14.8 Å². The quantitative estimate of drug-likeness (QED) is 0.571. The molecule has 118 valence electrons. The first-order valence-electron chi connectivity index (χ1n) is 6.76. The van der Waals surface area contributed by atoms with Gasteiger partial charge in [-0.1, -0.05) is 24.4 Å². The summed E-state index contributed by atoms with van der Waals surface area (Å²) in [4.78, 5) is 0.0355. The molecule has 0 saturated heterocycles. The number of benzene rings is 1. The Morgan fingerprint density at radius 2 is 2.05 bits per heavy atom. The highest BCUT2D eigenvalue weighted by Gasteiger charge is 2.20. The second-order valence-corrected chi connectivity index (χ2v) is 7.95. The molecule has 0 bridgehead atoms. The highest BCUT2D eigenvalue weighted by Crippen LogP contribution is 2.31. The Kier molecular flexibility index (Phi) is 5.90. The van der Waals surface area contributed by atoms with Gasteiger partial charge in [0.2, 0.25) is 10.0 Å². The summed E-state index contributed by atoms with van der Waals surface area (Å²) in [5.41, 5.74) is 5.99. The molecule has 0 aliphatic heterocycles. The average Bonchev–Trinajstić information content (AvgIpc) is 2.92. The average molecular weight is 398 g/mol. The minimum atomic E-state index is -3.67. The molecule has 0 atom stereocenters. The van der Waals surface area contributed by atoms with E-state index in [1.807, 2.05) is 0 Å². The van der Waals surface area contributed by atoms with E-state index in [0.29, 0.717) is 11.1 Å². The third kappa shape index (κ3) is 4.56. The van der Waals surface area contributed by atoms with Gasteiger partial charge in [-0.3, -0.25) is 0 Å². The lowest BCUT2D eigenvalue weighted by atomic mass is 10.3. The molecular formula is C13H18BrClN2O3S. The first-order valence-corrected chi connectivity index (χ1v) is 9.41. The fraction of sp³-hybridized carbons (Fsp3) is 0.538. The van der Waals surface area contributed by atoms with Crippen molar-refractivity contribution in [2.24, 2.45) is 0 Å². The molecule has 0 radical (unpaired) electrons. The molecule has 1 aliphatic rings. The standard InChI is InChI=1S/C13H18BrClN2O3S/c14-13-11(16)7-9(15)8-12(13)21(18,19)17-5-6-20-10-3-1-2-4-10/h7-8,10,17H,1-6,16H2. The van der Waals surface area contributed by atoms with Gasteiger partial charge in [0.1, 0.15) is 0 Å². The number of sulfonamides is 1. The van der Waals surface area contributed by atoms with Crippen molar-refractivity contribution in [1.82, 2.24) is 4.72 Å². The van der Waals surface area contributed by atoms with E-state index in [1.54, 1.807) is 0 Å². The monoisotopic (exact) mass is 396 g/mol. The van der Waals surface area contributed by atoms with Crippen LogP contribution in [0.1, 0.15) is 25.7 Å². The highest BCUT2D eigenvalue weighted by atomic mass is 79.9. The van der Waals surface area contributed by atoms with Crippen LogP contribution < -0.4 is 10.5 Å². The highest BCUT2D eigenvalue weighted by molar-refractivity contribution is 9.10. The van der Waals surface area contributed by atoms with Crippen LogP contribution in [0.15, 0.2) is 21.5 Å². The number of ether oxygens (including phenoxy) is 1. The smallest absolute Gasteiger partial charge is 0.241 e. The van der Waals surface area contributed by atoms with Crippen LogP contribution in [-0.4, -0.2) is 27.7 Å². The lowest BCUT2D eigenvalue weighted by Crippen LogP contribution is -2.29. The van der Waals surface area contributed by atoms with Crippen molar-refractivity contribution in [2.45, 2.75) is 36.7 Å².